The SMILES string of the molecule is Cc1ccc(S(=O)(=O)Oc2ccc(S(=O)(=O)C3Cc4ccccc4C3Cl)cc2)cc1. The Morgan fingerprint density at radius 1 is 0.833 bits per heavy atom. The zero-order valence-corrected chi connectivity index (χ0v) is 18.4. The summed E-state index contributed by atoms with van der Waals surface area (Å²) >= 11 is 6.46. The van der Waals surface area contributed by atoms with Crippen molar-refractivity contribution in [3.05, 3.63) is 89.5 Å². The third kappa shape index (κ3) is 3.85. The summed E-state index contributed by atoms with van der Waals surface area (Å²) in [5.74, 6) is 0.0339. The fraction of sp³-hybridized carbons (Fsp3) is 0.182. The Morgan fingerprint density at radius 3 is 2.07 bits per heavy atom. The number of aryl methyl sites for hydroxylation is 1. The molecule has 2 unspecified atom stereocenters. The van der Waals surface area contributed by atoms with Crippen LogP contribution in [0.25, 0.3) is 0 Å². The average Bonchev–Trinajstić information content (AvgIpc) is 3.06. The van der Waals surface area contributed by atoms with Crippen LogP contribution in [0.1, 0.15) is 22.1 Å². The molecule has 1 aliphatic rings. The molecule has 0 bridgehead atoms. The van der Waals surface area contributed by atoms with Gasteiger partial charge in [-0.25, -0.2) is 8.42 Å². The number of hydrogen-bond donors (Lipinski definition) is 0. The molecule has 8 heteroatoms. The van der Waals surface area contributed by atoms with Gasteiger partial charge in [0.15, 0.2) is 9.84 Å². The monoisotopic (exact) mass is 462 g/mol. The summed E-state index contributed by atoms with van der Waals surface area (Å²) in [6.45, 7) is 1.85. The molecule has 0 aliphatic heterocycles. The maximum Gasteiger partial charge on any atom is 0.339 e. The van der Waals surface area contributed by atoms with Crippen LogP contribution in [0.3, 0.4) is 0 Å². The lowest BCUT2D eigenvalue weighted by atomic mass is 10.1. The minimum Gasteiger partial charge on any atom is -0.379 e. The van der Waals surface area contributed by atoms with Crippen molar-refractivity contribution in [3.8, 4) is 5.75 Å². The summed E-state index contributed by atoms with van der Waals surface area (Å²) in [5, 5.41) is -1.41. The third-order valence-corrected chi connectivity index (χ3v) is 9.28. The van der Waals surface area contributed by atoms with Gasteiger partial charge in [0.2, 0.25) is 0 Å². The van der Waals surface area contributed by atoms with E-state index in [1.54, 1.807) is 12.1 Å². The first kappa shape index (κ1) is 20.9. The van der Waals surface area contributed by atoms with E-state index in [-0.39, 0.29) is 15.5 Å². The molecule has 1 aliphatic carbocycles. The van der Waals surface area contributed by atoms with Crippen molar-refractivity contribution >= 4 is 31.6 Å². The van der Waals surface area contributed by atoms with Crippen LogP contribution in [0.5, 0.6) is 5.75 Å². The Hall–Kier alpha value is -2.35. The largest absolute Gasteiger partial charge is 0.379 e. The number of alkyl halides is 1. The zero-order chi connectivity index (χ0) is 21.5. The van der Waals surface area contributed by atoms with Gasteiger partial charge < -0.3 is 4.18 Å². The van der Waals surface area contributed by atoms with Crippen LogP contribution in [0.2, 0.25) is 0 Å². The maximum atomic E-state index is 13.1. The Labute approximate surface area is 181 Å². The van der Waals surface area contributed by atoms with Crippen molar-refractivity contribution in [1.82, 2.24) is 0 Å². The second kappa shape index (κ2) is 7.72. The minimum absolute atomic E-state index is 0.0264. The van der Waals surface area contributed by atoms with Gasteiger partial charge in [-0.3, -0.25) is 0 Å². The van der Waals surface area contributed by atoms with Crippen molar-refractivity contribution in [2.45, 2.75) is 33.8 Å². The number of benzene rings is 3. The van der Waals surface area contributed by atoms with Crippen LogP contribution in [0.15, 0.2) is 82.6 Å². The first-order valence-electron chi connectivity index (χ1n) is 9.25. The molecule has 30 heavy (non-hydrogen) atoms. The van der Waals surface area contributed by atoms with Crippen molar-refractivity contribution in [1.29, 1.82) is 0 Å². The molecular formula is C22H19ClO5S2. The van der Waals surface area contributed by atoms with E-state index in [4.69, 9.17) is 15.8 Å². The van der Waals surface area contributed by atoms with Gasteiger partial charge in [0, 0.05) is 0 Å². The molecule has 0 heterocycles. The van der Waals surface area contributed by atoms with Gasteiger partial charge in [0.05, 0.1) is 15.5 Å². The van der Waals surface area contributed by atoms with E-state index in [0.717, 1.165) is 16.7 Å². The van der Waals surface area contributed by atoms with Crippen LogP contribution in [0.4, 0.5) is 0 Å². The number of rotatable bonds is 5. The molecule has 156 valence electrons. The maximum absolute atomic E-state index is 13.1. The molecule has 0 spiro atoms. The first-order chi connectivity index (χ1) is 14.2. The molecule has 5 nitrogen and oxygen atoms in total. The molecule has 0 aromatic heterocycles. The molecule has 0 fully saturated rings. The van der Waals surface area contributed by atoms with Crippen LogP contribution in [0, 0.1) is 6.92 Å². The van der Waals surface area contributed by atoms with E-state index >= 15 is 0 Å². The van der Waals surface area contributed by atoms with E-state index in [1.807, 2.05) is 31.2 Å². The van der Waals surface area contributed by atoms with E-state index in [1.165, 1.54) is 36.4 Å². The smallest absolute Gasteiger partial charge is 0.339 e. The highest BCUT2D eigenvalue weighted by atomic mass is 35.5. The zero-order valence-electron chi connectivity index (χ0n) is 16.0. The van der Waals surface area contributed by atoms with Gasteiger partial charge in [-0.2, -0.15) is 8.42 Å². The summed E-state index contributed by atoms with van der Waals surface area (Å²) in [6, 6.07) is 19.1. The quantitative estimate of drug-likeness (QED) is 0.413. The van der Waals surface area contributed by atoms with Crippen molar-refractivity contribution in [2.75, 3.05) is 0 Å². The van der Waals surface area contributed by atoms with Crippen LogP contribution in [-0.2, 0) is 26.4 Å². The molecule has 3 aromatic rings. The summed E-state index contributed by atoms with van der Waals surface area (Å²) in [4.78, 5) is 0.101. The Kier molecular flexibility index (Phi) is 5.38. The van der Waals surface area contributed by atoms with Gasteiger partial charge in [-0.05, 0) is 60.9 Å². The second-order valence-electron chi connectivity index (χ2n) is 7.21. The minimum atomic E-state index is -4.01. The molecule has 2 atom stereocenters. The predicted octanol–water partition coefficient (Wildman–Crippen LogP) is 4.44. The second-order valence-corrected chi connectivity index (χ2v) is 11.4. The lowest BCUT2D eigenvalue weighted by Crippen LogP contribution is -2.23. The highest BCUT2D eigenvalue weighted by Gasteiger charge is 2.40. The van der Waals surface area contributed by atoms with Gasteiger partial charge in [-0.1, -0.05) is 42.0 Å². The summed E-state index contributed by atoms with van der Waals surface area (Å²) in [7, 11) is -7.72. The molecule has 0 saturated heterocycles. The van der Waals surface area contributed by atoms with E-state index in [0.29, 0.717) is 6.42 Å². The fourth-order valence-corrected chi connectivity index (χ4v) is 6.88. The molecule has 0 radical (unpaired) electrons. The Bertz CT molecular complexity index is 1280. The first-order valence-corrected chi connectivity index (χ1v) is 12.6. The Balaban J connectivity index is 1.56. The van der Waals surface area contributed by atoms with E-state index < -0.39 is 30.6 Å². The normalized spacial score (nSPS) is 18.7. The van der Waals surface area contributed by atoms with Gasteiger partial charge >= 0.3 is 10.1 Å². The van der Waals surface area contributed by atoms with Gasteiger partial charge in [-0.15, -0.1) is 11.6 Å². The standard InChI is InChI=1S/C22H19ClO5S2/c1-15-6-10-19(11-7-15)30(26,27)28-17-8-12-18(13-9-17)29(24,25)21-14-16-4-2-3-5-20(16)22(21)23/h2-13,21-22H,14H2,1H3. The van der Waals surface area contributed by atoms with Crippen LogP contribution < -0.4 is 4.18 Å². The average molecular weight is 463 g/mol. The number of fused-ring (bicyclic) bond motifs is 1. The summed E-state index contributed by atoms with van der Waals surface area (Å²) in [5.41, 5.74) is 2.68. The van der Waals surface area contributed by atoms with E-state index in [9.17, 15) is 16.8 Å². The lowest BCUT2D eigenvalue weighted by Gasteiger charge is -2.16. The number of hydrogen-bond acceptors (Lipinski definition) is 5. The van der Waals surface area contributed by atoms with Gasteiger partial charge in [0.25, 0.3) is 0 Å². The topological polar surface area (TPSA) is 77.5 Å². The van der Waals surface area contributed by atoms with Crippen LogP contribution in [-0.4, -0.2) is 22.1 Å². The van der Waals surface area contributed by atoms with Gasteiger partial charge in [0.1, 0.15) is 10.6 Å². The molecule has 0 saturated carbocycles. The molecule has 0 N–H and O–H groups in total. The molecular weight excluding hydrogens is 444 g/mol. The fourth-order valence-electron chi connectivity index (χ4n) is 3.52. The number of halogens is 1. The van der Waals surface area contributed by atoms with Crippen molar-refractivity contribution in [3.63, 3.8) is 0 Å². The van der Waals surface area contributed by atoms with Crippen LogP contribution >= 0.6 is 11.6 Å². The third-order valence-electron chi connectivity index (χ3n) is 5.17. The predicted molar refractivity (Wildman–Crippen MR) is 115 cm³/mol. The molecule has 3 aromatic carbocycles. The molecule has 0 amide bonds. The summed E-state index contributed by atoms with van der Waals surface area (Å²) < 4.78 is 56.2. The highest BCUT2D eigenvalue weighted by molar-refractivity contribution is 7.92. The number of sulfone groups is 1. The van der Waals surface area contributed by atoms with Crippen molar-refractivity contribution < 1.29 is 21.0 Å². The molecule has 4 rings (SSSR count). The summed E-state index contributed by atoms with van der Waals surface area (Å²) in [6.07, 6.45) is 0.340. The van der Waals surface area contributed by atoms with Crippen molar-refractivity contribution in [2.24, 2.45) is 0 Å². The van der Waals surface area contributed by atoms with E-state index in [2.05, 4.69) is 0 Å². The highest BCUT2D eigenvalue weighted by Crippen LogP contribution is 2.42. The Morgan fingerprint density at radius 2 is 1.43 bits per heavy atom. The lowest BCUT2D eigenvalue weighted by molar-refractivity contribution is 0.486.